The van der Waals surface area contributed by atoms with Crippen molar-refractivity contribution in [2.45, 2.75) is 39.2 Å². The molecule has 4 rings (SSSR count). The Hall–Kier alpha value is -3.23. The molecule has 0 saturated carbocycles. The van der Waals surface area contributed by atoms with E-state index in [-0.39, 0.29) is 11.9 Å². The Kier molecular flexibility index (Phi) is 5.28. The zero-order valence-electron chi connectivity index (χ0n) is 16.8. The van der Waals surface area contributed by atoms with E-state index in [9.17, 15) is 4.79 Å². The smallest absolute Gasteiger partial charge is 0.280 e. The number of hydrogen-bond acceptors (Lipinski definition) is 7. The van der Waals surface area contributed by atoms with E-state index in [1.54, 1.807) is 7.11 Å². The summed E-state index contributed by atoms with van der Waals surface area (Å²) in [6.07, 6.45) is 4.17. The molecular weight excluding hydrogens is 372 g/mol. The molecule has 9 nitrogen and oxygen atoms in total. The van der Waals surface area contributed by atoms with Gasteiger partial charge in [0.25, 0.3) is 11.8 Å². The summed E-state index contributed by atoms with van der Waals surface area (Å²) in [7, 11) is 1.62. The summed E-state index contributed by atoms with van der Waals surface area (Å²) in [5, 5.41) is 12.3. The number of methoxy groups -OCH3 is 1. The fraction of sp³-hybridized carbons (Fsp3) is 0.450. The second kappa shape index (κ2) is 8.02. The summed E-state index contributed by atoms with van der Waals surface area (Å²) in [6, 6.07) is 5.73. The van der Waals surface area contributed by atoms with Crippen molar-refractivity contribution in [1.29, 1.82) is 0 Å². The highest BCUT2D eigenvalue weighted by atomic mass is 16.5. The third-order valence-electron chi connectivity index (χ3n) is 5.30. The maximum Gasteiger partial charge on any atom is 0.280 e. The number of carbonyl (C=O) groups excluding carboxylic acids is 1. The van der Waals surface area contributed by atoms with Gasteiger partial charge in [0.2, 0.25) is 0 Å². The van der Waals surface area contributed by atoms with Crippen molar-refractivity contribution in [3.8, 4) is 17.3 Å². The van der Waals surface area contributed by atoms with Gasteiger partial charge in [-0.3, -0.25) is 4.79 Å². The standard InChI is InChI=1S/C20H24N6O3/c1-4-18-21-19(29-23-18)17-12-26(24-22-17)14-7-9-25(10-8-14)20(27)16-6-5-15(28-3)11-13(16)2/h5-6,11-12,14H,4,7-10H2,1-3H3. The van der Waals surface area contributed by atoms with Crippen LogP contribution < -0.4 is 4.74 Å². The van der Waals surface area contributed by atoms with E-state index in [2.05, 4.69) is 20.5 Å². The van der Waals surface area contributed by atoms with Gasteiger partial charge in [0, 0.05) is 25.1 Å². The maximum absolute atomic E-state index is 12.9. The number of aromatic nitrogens is 5. The van der Waals surface area contributed by atoms with Crippen LogP contribution in [0.25, 0.3) is 11.6 Å². The summed E-state index contributed by atoms with van der Waals surface area (Å²) < 4.78 is 12.3. The fourth-order valence-electron chi connectivity index (χ4n) is 3.56. The zero-order valence-corrected chi connectivity index (χ0v) is 16.8. The molecule has 1 saturated heterocycles. The van der Waals surface area contributed by atoms with Gasteiger partial charge in [-0.15, -0.1) is 5.10 Å². The number of hydrogen-bond donors (Lipinski definition) is 0. The molecule has 0 N–H and O–H groups in total. The van der Waals surface area contributed by atoms with Crippen molar-refractivity contribution in [3.63, 3.8) is 0 Å². The van der Waals surface area contributed by atoms with Crippen LogP contribution in [0, 0.1) is 6.92 Å². The van der Waals surface area contributed by atoms with Gasteiger partial charge in [-0.25, -0.2) is 4.68 Å². The molecule has 152 valence electrons. The number of likely N-dealkylation sites (tertiary alicyclic amines) is 1. The highest BCUT2D eigenvalue weighted by Gasteiger charge is 2.26. The van der Waals surface area contributed by atoms with Crippen LogP contribution in [0.1, 0.15) is 47.6 Å². The first-order valence-electron chi connectivity index (χ1n) is 9.77. The van der Waals surface area contributed by atoms with Crippen molar-refractivity contribution in [3.05, 3.63) is 41.3 Å². The van der Waals surface area contributed by atoms with Crippen LogP contribution in [-0.2, 0) is 6.42 Å². The molecule has 0 spiro atoms. The van der Waals surface area contributed by atoms with Gasteiger partial charge in [0.15, 0.2) is 11.5 Å². The summed E-state index contributed by atoms with van der Waals surface area (Å²) >= 11 is 0. The van der Waals surface area contributed by atoms with Gasteiger partial charge in [-0.2, -0.15) is 4.98 Å². The van der Waals surface area contributed by atoms with Crippen molar-refractivity contribution >= 4 is 5.91 Å². The highest BCUT2D eigenvalue weighted by molar-refractivity contribution is 5.95. The Labute approximate surface area is 168 Å². The van der Waals surface area contributed by atoms with Crippen LogP contribution in [0.2, 0.25) is 0 Å². The number of carbonyl (C=O) groups is 1. The molecule has 0 atom stereocenters. The van der Waals surface area contributed by atoms with E-state index in [1.807, 2.05) is 47.8 Å². The van der Waals surface area contributed by atoms with Crippen LogP contribution in [-0.4, -0.2) is 56.1 Å². The molecule has 2 aromatic heterocycles. The second-order valence-electron chi connectivity index (χ2n) is 7.16. The van der Waals surface area contributed by atoms with Crippen LogP contribution in [0.15, 0.2) is 28.9 Å². The Bertz CT molecular complexity index is 1000. The molecule has 29 heavy (non-hydrogen) atoms. The number of amides is 1. The summed E-state index contributed by atoms with van der Waals surface area (Å²) in [5.74, 6) is 1.85. The molecule has 0 aliphatic carbocycles. The maximum atomic E-state index is 12.9. The minimum Gasteiger partial charge on any atom is -0.497 e. The average molecular weight is 396 g/mol. The minimum absolute atomic E-state index is 0.0563. The number of benzene rings is 1. The third-order valence-corrected chi connectivity index (χ3v) is 5.30. The van der Waals surface area contributed by atoms with E-state index in [0.29, 0.717) is 36.9 Å². The first-order valence-corrected chi connectivity index (χ1v) is 9.77. The van der Waals surface area contributed by atoms with E-state index in [4.69, 9.17) is 9.26 Å². The van der Waals surface area contributed by atoms with E-state index >= 15 is 0 Å². The highest BCUT2D eigenvalue weighted by Crippen LogP contribution is 2.26. The monoisotopic (exact) mass is 396 g/mol. The molecule has 1 aromatic carbocycles. The lowest BCUT2D eigenvalue weighted by molar-refractivity contribution is 0.0688. The number of aryl methyl sites for hydroxylation is 2. The van der Waals surface area contributed by atoms with Gasteiger partial charge < -0.3 is 14.2 Å². The molecule has 1 fully saturated rings. The summed E-state index contributed by atoms with van der Waals surface area (Å²) in [6.45, 7) is 5.24. The first-order chi connectivity index (χ1) is 14.1. The van der Waals surface area contributed by atoms with Crippen molar-refractivity contribution in [2.24, 2.45) is 0 Å². The molecule has 1 aliphatic heterocycles. The van der Waals surface area contributed by atoms with Crippen molar-refractivity contribution in [2.75, 3.05) is 20.2 Å². The van der Waals surface area contributed by atoms with Gasteiger partial charge in [-0.05, 0) is 43.5 Å². The quantitative estimate of drug-likeness (QED) is 0.654. The Morgan fingerprint density at radius 1 is 1.31 bits per heavy atom. The van der Waals surface area contributed by atoms with E-state index in [0.717, 1.165) is 29.7 Å². The zero-order chi connectivity index (χ0) is 20.4. The van der Waals surface area contributed by atoms with Crippen LogP contribution in [0.4, 0.5) is 0 Å². The van der Waals surface area contributed by atoms with E-state index in [1.165, 1.54) is 0 Å². The molecule has 9 heteroatoms. The lowest BCUT2D eigenvalue weighted by Crippen LogP contribution is -2.39. The Balaban J connectivity index is 1.40. The van der Waals surface area contributed by atoms with E-state index < -0.39 is 0 Å². The fourth-order valence-corrected chi connectivity index (χ4v) is 3.56. The molecular formula is C20H24N6O3. The topological polar surface area (TPSA) is 99.2 Å². The van der Waals surface area contributed by atoms with Crippen LogP contribution in [0.5, 0.6) is 5.75 Å². The van der Waals surface area contributed by atoms with Gasteiger partial charge in [0.05, 0.1) is 19.3 Å². The SMILES string of the molecule is CCc1noc(-c2cn(C3CCN(C(=O)c4ccc(OC)cc4C)CC3)nn2)n1. The lowest BCUT2D eigenvalue weighted by atomic mass is 10.0. The van der Waals surface area contributed by atoms with Gasteiger partial charge >= 0.3 is 0 Å². The molecule has 1 aliphatic rings. The first kappa shape index (κ1) is 19.1. The molecule has 1 amide bonds. The normalized spacial score (nSPS) is 14.9. The van der Waals surface area contributed by atoms with Crippen LogP contribution >= 0.6 is 0 Å². The molecule has 3 aromatic rings. The van der Waals surface area contributed by atoms with Gasteiger partial charge in [-0.1, -0.05) is 17.3 Å². The molecule has 3 heterocycles. The Morgan fingerprint density at radius 2 is 2.10 bits per heavy atom. The minimum atomic E-state index is 0.0563. The number of nitrogens with zero attached hydrogens (tertiary/aromatic N) is 6. The predicted octanol–water partition coefficient (Wildman–Crippen LogP) is 2.68. The average Bonchev–Trinajstić information content (AvgIpc) is 3.42. The molecule has 0 bridgehead atoms. The van der Waals surface area contributed by atoms with Crippen molar-refractivity contribution < 1.29 is 14.1 Å². The molecule has 0 unspecified atom stereocenters. The third kappa shape index (κ3) is 3.85. The second-order valence-corrected chi connectivity index (χ2v) is 7.16. The summed E-state index contributed by atoms with van der Waals surface area (Å²) in [5.41, 5.74) is 2.21. The summed E-state index contributed by atoms with van der Waals surface area (Å²) in [4.78, 5) is 19.1. The van der Waals surface area contributed by atoms with Gasteiger partial charge in [0.1, 0.15) is 5.75 Å². The predicted molar refractivity (Wildman–Crippen MR) is 105 cm³/mol. The number of ether oxygens (including phenoxy) is 1. The Morgan fingerprint density at radius 3 is 2.76 bits per heavy atom. The number of piperidine rings is 1. The molecule has 0 radical (unpaired) electrons. The van der Waals surface area contributed by atoms with Crippen LogP contribution in [0.3, 0.4) is 0 Å². The van der Waals surface area contributed by atoms with Crippen molar-refractivity contribution in [1.82, 2.24) is 30.0 Å². The lowest BCUT2D eigenvalue weighted by Gasteiger charge is -2.32. The largest absolute Gasteiger partial charge is 0.497 e. The number of rotatable bonds is 5.